The number of rotatable bonds is 6. The highest BCUT2D eigenvalue weighted by molar-refractivity contribution is 7.13. The van der Waals surface area contributed by atoms with Crippen molar-refractivity contribution in [1.29, 1.82) is 0 Å². The van der Waals surface area contributed by atoms with Crippen LogP contribution in [0.4, 0.5) is 11.5 Å². The van der Waals surface area contributed by atoms with E-state index in [-0.39, 0.29) is 5.91 Å². The summed E-state index contributed by atoms with van der Waals surface area (Å²) in [4.78, 5) is 16.5. The van der Waals surface area contributed by atoms with Crippen molar-refractivity contribution in [1.82, 2.24) is 9.27 Å². The molecule has 0 saturated carbocycles. The maximum atomic E-state index is 11.6. The van der Waals surface area contributed by atoms with E-state index in [9.17, 15) is 4.79 Å². The van der Waals surface area contributed by atoms with Crippen LogP contribution in [0.25, 0.3) is 10.1 Å². The summed E-state index contributed by atoms with van der Waals surface area (Å²) in [6.45, 7) is 5.85. The van der Waals surface area contributed by atoms with E-state index in [0.717, 1.165) is 62.8 Å². The second-order valence-electron chi connectivity index (χ2n) is 7.90. The number of benzene rings is 2. The normalized spacial score (nSPS) is 17.1. The number of carbonyl (C=O) groups excluding carboxylic acids is 1. The fourth-order valence-electron chi connectivity index (χ4n) is 4.20. The van der Waals surface area contributed by atoms with Gasteiger partial charge in [0.1, 0.15) is 11.6 Å². The minimum atomic E-state index is 0.0874. The fraction of sp³-hybridized carbons (Fsp3) is 0.391. The van der Waals surface area contributed by atoms with E-state index in [0.29, 0.717) is 13.0 Å². The molecule has 7 heteroatoms. The Balaban J connectivity index is 1.07. The van der Waals surface area contributed by atoms with Crippen molar-refractivity contribution < 1.29 is 9.53 Å². The molecular weight excluding hydrogens is 396 g/mol. The van der Waals surface area contributed by atoms with E-state index in [1.807, 2.05) is 12.1 Å². The molecule has 0 spiro atoms. The number of hydrogen-bond acceptors (Lipinski definition) is 6. The third-order valence-electron chi connectivity index (χ3n) is 5.89. The lowest BCUT2D eigenvalue weighted by molar-refractivity contribution is -0.116. The second kappa shape index (κ2) is 8.62. The summed E-state index contributed by atoms with van der Waals surface area (Å²) in [5.74, 6) is 2.05. The molecule has 2 aliphatic rings. The average molecular weight is 423 g/mol. The lowest BCUT2D eigenvalue weighted by atomic mass is 10.0. The maximum Gasteiger partial charge on any atom is 0.224 e. The zero-order valence-corrected chi connectivity index (χ0v) is 17.8. The molecule has 1 aromatic heterocycles. The SMILES string of the molecule is O=C1CCc2ccc(OCCCN3CCN(c4nsc5ccccc45)CC3)cc2N1. The largest absolute Gasteiger partial charge is 0.493 e. The van der Waals surface area contributed by atoms with Crippen molar-refractivity contribution in [2.75, 3.05) is 49.5 Å². The smallest absolute Gasteiger partial charge is 0.224 e. The number of ether oxygens (including phenoxy) is 1. The summed E-state index contributed by atoms with van der Waals surface area (Å²) in [5.41, 5.74) is 2.09. The third kappa shape index (κ3) is 4.13. The average Bonchev–Trinajstić information content (AvgIpc) is 3.21. The minimum absolute atomic E-state index is 0.0874. The van der Waals surface area contributed by atoms with E-state index in [1.165, 1.54) is 15.6 Å². The predicted octanol–water partition coefficient (Wildman–Crippen LogP) is 3.77. The van der Waals surface area contributed by atoms with E-state index in [1.54, 1.807) is 11.5 Å². The van der Waals surface area contributed by atoms with Gasteiger partial charge in [-0.2, -0.15) is 4.37 Å². The van der Waals surface area contributed by atoms with Crippen LogP contribution < -0.4 is 15.0 Å². The Morgan fingerprint density at radius 3 is 2.83 bits per heavy atom. The van der Waals surface area contributed by atoms with Crippen LogP contribution in [0.1, 0.15) is 18.4 Å². The van der Waals surface area contributed by atoms with Gasteiger partial charge in [-0.25, -0.2) is 0 Å². The monoisotopic (exact) mass is 422 g/mol. The number of fused-ring (bicyclic) bond motifs is 2. The highest BCUT2D eigenvalue weighted by atomic mass is 32.1. The van der Waals surface area contributed by atoms with Gasteiger partial charge >= 0.3 is 0 Å². The molecule has 1 saturated heterocycles. The second-order valence-corrected chi connectivity index (χ2v) is 8.71. The summed E-state index contributed by atoms with van der Waals surface area (Å²) < 4.78 is 11.9. The molecule has 0 atom stereocenters. The topological polar surface area (TPSA) is 57.7 Å². The zero-order chi connectivity index (χ0) is 20.3. The van der Waals surface area contributed by atoms with Gasteiger partial charge in [-0.3, -0.25) is 9.69 Å². The number of nitrogens with zero attached hydrogens (tertiary/aromatic N) is 3. The third-order valence-corrected chi connectivity index (χ3v) is 6.71. The Labute approximate surface area is 180 Å². The number of aryl methyl sites for hydroxylation is 1. The number of carbonyl (C=O) groups is 1. The van der Waals surface area contributed by atoms with Gasteiger partial charge in [0, 0.05) is 56.3 Å². The van der Waals surface area contributed by atoms with Crippen molar-refractivity contribution >= 4 is 39.0 Å². The molecule has 1 N–H and O–H groups in total. The van der Waals surface area contributed by atoms with Gasteiger partial charge < -0.3 is 15.0 Å². The molecule has 5 rings (SSSR count). The molecule has 2 aromatic carbocycles. The first-order valence-corrected chi connectivity index (χ1v) is 11.4. The van der Waals surface area contributed by atoms with Crippen molar-refractivity contribution in [3.05, 3.63) is 48.0 Å². The zero-order valence-electron chi connectivity index (χ0n) is 17.0. The molecule has 3 aromatic rings. The van der Waals surface area contributed by atoms with Crippen molar-refractivity contribution in [3.63, 3.8) is 0 Å². The molecule has 156 valence electrons. The number of anilines is 2. The van der Waals surface area contributed by atoms with Gasteiger partial charge in [0.05, 0.1) is 11.3 Å². The quantitative estimate of drug-likeness (QED) is 0.613. The van der Waals surface area contributed by atoms with Crippen LogP contribution >= 0.6 is 11.5 Å². The molecule has 30 heavy (non-hydrogen) atoms. The van der Waals surface area contributed by atoms with E-state index in [4.69, 9.17) is 9.11 Å². The Morgan fingerprint density at radius 1 is 1.07 bits per heavy atom. The minimum Gasteiger partial charge on any atom is -0.493 e. The molecule has 1 fully saturated rings. The van der Waals surface area contributed by atoms with E-state index in [2.05, 4.69) is 45.4 Å². The molecule has 0 bridgehead atoms. The first-order valence-electron chi connectivity index (χ1n) is 10.6. The summed E-state index contributed by atoms with van der Waals surface area (Å²) in [7, 11) is 0. The van der Waals surface area contributed by atoms with Gasteiger partial charge in [0.2, 0.25) is 5.91 Å². The van der Waals surface area contributed by atoms with Crippen molar-refractivity contribution in [2.45, 2.75) is 19.3 Å². The summed E-state index contributed by atoms with van der Waals surface area (Å²) in [6, 6.07) is 14.5. The van der Waals surface area contributed by atoms with Gasteiger partial charge in [-0.05, 0) is 48.1 Å². The summed E-state index contributed by atoms with van der Waals surface area (Å²) in [6.07, 6.45) is 2.37. The summed E-state index contributed by atoms with van der Waals surface area (Å²) >= 11 is 1.59. The van der Waals surface area contributed by atoms with Gasteiger partial charge in [-0.1, -0.05) is 18.2 Å². The van der Waals surface area contributed by atoms with Crippen LogP contribution in [0.15, 0.2) is 42.5 Å². The van der Waals surface area contributed by atoms with Crippen molar-refractivity contribution in [2.24, 2.45) is 0 Å². The predicted molar refractivity (Wildman–Crippen MR) is 122 cm³/mol. The molecule has 0 aliphatic carbocycles. The number of aromatic nitrogens is 1. The highest BCUT2D eigenvalue weighted by Crippen LogP contribution is 2.30. The Kier molecular flexibility index (Phi) is 5.55. The van der Waals surface area contributed by atoms with Crippen LogP contribution in [0, 0.1) is 0 Å². The molecular formula is C23H26N4O2S. The lowest BCUT2D eigenvalue weighted by Crippen LogP contribution is -2.47. The summed E-state index contributed by atoms with van der Waals surface area (Å²) in [5, 5.41) is 4.20. The molecule has 0 radical (unpaired) electrons. The number of hydrogen-bond donors (Lipinski definition) is 1. The first kappa shape index (κ1) is 19.3. The van der Waals surface area contributed by atoms with Gasteiger partial charge in [0.25, 0.3) is 0 Å². The highest BCUT2D eigenvalue weighted by Gasteiger charge is 2.20. The number of nitrogens with one attached hydrogen (secondary N) is 1. The molecule has 1 amide bonds. The van der Waals surface area contributed by atoms with E-state index < -0.39 is 0 Å². The van der Waals surface area contributed by atoms with E-state index >= 15 is 0 Å². The Hall–Kier alpha value is -2.64. The van der Waals surface area contributed by atoms with Crippen LogP contribution in [-0.2, 0) is 11.2 Å². The molecule has 3 heterocycles. The van der Waals surface area contributed by atoms with Gasteiger partial charge in [0.15, 0.2) is 0 Å². The Bertz CT molecular complexity index is 1040. The Morgan fingerprint density at radius 2 is 1.93 bits per heavy atom. The number of piperazine rings is 1. The standard InChI is InChI=1S/C23H26N4O2S/c28-22-9-7-17-6-8-18(16-20(17)24-22)29-15-3-10-26-11-13-27(14-12-26)23-19-4-1-2-5-21(19)30-25-23/h1-2,4-6,8,16H,3,7,9-15H2,(H,24,28). The molecule has 2 aliphatic heterocycles. The first-order chi connectivity index (χ1) is 14.8. The van der Waals surface area contributed by atoms with Crippen LogP contribution in [0.3, 0.4) is 0 Å². The van der Waals surface area contributed by atoms with Gasteiger partial charge in [-0.15, -0.1) is 0 Å². The lowest BCUT2D eigenvalue weighted by Gasteiger charge is -2.35. The van der Waals surface area contributed by atoms with Crippen LogP contribution in [0.2, 0.25) is 0 Å². The molecule has 6 nitrogen and oxygen atoms in total. The molecule has 0 unspecified atom stereocenters. The number of amides is 1. The maximum absolute atomic E-state index is 11.6. The van der Waals surface area contributed by atoms with Crippen LogP contribution in [0.5, 0.6) is 5.75 Å². The fourth-order valence-corrected chi connectivity index (χ4v) is 5.00. The van der Waals surface area contributed by atoms with Crippen LogP contribution in [-0.4, -0.2) is 54.5 Å². The van der Waals surface area contributed by atoms with Crippen molar-refractivity contribution in [3.8, 4) is 5.75 Å².